The molecule has 1 aliphatic rings. The molecule has 1 N–H and O–H groups in total. The third-order valence-electron chi connectivity index (χ3n) is 1.99. The van der Waals surface area contributed by atoms with Gasteiger partial charge in [0, 0.05) is 6.08 Å². The smallest absolute Gasteiger partial charge is 0.327 e. The average Bonchev–Trinajstić information content (AvgIpc) is 1.83. The van der Waals surface area contributed by atoms with E-state index in [-0.39, 0.29) is 6.42 Å². The fourth-order valence-corrected chi connectivity index (χ4v) is 1.14. The van der Waals surface area contributed by atoms with Crippen LogP contribution in [0.5, 0.6) is 0 Å². The zero-order chi connectivity index (χ0) is 8.32. The molecule has 3 heteroatoms. The molecule has 0 aromatic carbocycles. The molecule has 0 spiro atoms. The lowest BCUT2D eigenvalue weighted by Crippen LogP contribution is -2.30. The van der Waals surface area contributed by atoms with E-state index in [1.807, 2.05) is 0 Å². The fourth-order valence-electron chi connectivity index (χ4n) is 1.14. The van der Waals surface area contributed by atoms with E-state index >= 15 is 0 Å². The zero-order valence-electron chi connectivity index (χ0n) is 6.22. The van der Waals surface area contributed by atoms with Crippen molar-refractivity contribution in [1.82, 2.24) is 0 Å². The molecule has 1 fully saturated rings. The molecule has 0 bridgehead atoms. The van der Waals surface area contributed by atoms with Gasteiger partial charge in [-0.15, -0.1) is 0 Å². The summed E-state index contributed by atoms with van der Waals surface area (Å²) < 4.78 is 13.1. The van der Waals surface area contributed by atoms with Gasteiger partial charge < -0.3 is 5.11 Å². The lowest BCUT2D eigenvalue weighted by atomic mass is 9.79. The number of hydrogen-bond acceptors (Lipinski definition) is 1. The van der Waals surface area contributed by atoms with Crippen LogP contribution in [0.3, 0.4) is 0 Å². The van der Waals surface area contributed by atoms with Crippen LogP contribution < -0.4 is 0 Å². The van der Waals surface area contributed by atoms with Crippen LogP contribution in [0.4, 0.5) is 4.39 Å². The van der Waals surface area contributed by atoms with Crippen molar-refractivity contribution in [2.75, 3.05) is 0 Å². The van der Waals surface area contributed by atoms with Crippen molar-refractivity contribution in [3.05, 3.63) is 12.2 Å². The molecule has 0 aromatic rings. The molecule has 62 valence electrons. The number of halogens is 1. The second kappa shape index (κ2) is 3.03. The van der Waals surface area contributed by atoms with E-state index in [0.717, 1.165) is 12.5 Å². The van der Waals surface area contributed by atoms with Crippen LogP contribution in [0.15, 0.2) is 12.2 Å². The highest BCUT2D eigenvalue weighted by atomic mass is 19.1. The first-order valence-corrected chi connectivity index (χ1v) is 3.71. The minimum Gasteiger partial charge on any atom is -0.478 e. The highest BCUT2D eigenvalue weighted by molar-refractivity contribution is 5.79. The summed E-state index contributed by atoms with van der Waals surface area (Å²) >= 11 is 0. The van der Waals surface area contributed by atoms with Crippen LogP contribution in [-0.2, 0) is 4.79 Å². The standard InChI is InChI=1S/C8H11FO2/c9-8(5-2-6-8)4-1-3-7(10)11/h1,3H,2,4-6H2,(H,10,11)/b3-1+. The maximum Gasteiger partial charge on any atom is 0.327 e. The Bertz CT molecular complexity index is 183. The largest absolute Gasteiger partial charge is 0.478 e. The molecule has 11 heavy (non-hydrogen) atoms. The lowest BCUT2D eigenvalue weighted by molar-refractivity contribution is -0.131. The van der Waals surface area contributed by atoms with Crippen molar-refractivity contribution < 1.29 is 14.3 Å². The topological polar surface area (TPSA) is 37.3 Å². The maximum atomic E-state index is 13.1. The summed E-state index contributed by atoms with van der Waals surface area (Å²) in [5, 5.41) is 8.19. The highest BCUT2D eigenvalue weighted by Gasteiger charge is 2.35. The molecule has 0 aliphatic heterocycles. The van der Waals surface area contributed by atoms with E-state index < -0.39 is 11.6 Å². The lowest BCUT2D eigenvalue weighted by Gasteiger charge is -2.32. The SMILES string of the molecule is O=C(O)/C=C/CC1(F)CCC1. The van der Waals surface area contributed by atoms with Crippen molar-refractivity contribution >= 4 is 5.97 Å². The molecule has 0 unspecified atom stereocenters. The number of allylic oxidation sites excluding steroid dienone is 1. The van der Waals surface area contributed by atoms with Gasteiger partial charge in [-0.05, 0) is 25.7 Å². The Kier molecular flexibility index (Phi) is 2.27. The predicted octanol–water partition coefficient (Wildman–Crippen LogP) is 1.91. The van der Waals surface area contributed by atoms with Gasteiger partial charge in [0.15, 0.2) is 0 Å². The molecule has 1 rings (SSSR count). The van der Waals surface area contributed by atoms with E-state index in [2.05, 4.69) is 0 Å². The van der Waals surface area contributed by atoms with E-state index in [4.69, 9.17) is 5.11 Å². The van der Waals surface area contributed by atoms with Crippen molar-refractivity contribution in [2.24, 2.45) is 0 Å². The summed E-state index contributed by atoms with van der Waals surface area (Å²) in [7, 11) is 0. The number of carbonyl (C=O) groups is 1. The minimum atomic E-state index is -1.09. The maximum absolute atomic E-state index is 13.1. The molecule has 0 aromatic heterocycles. The first kappa shape index (κ1) is 8.24. The predicted molar refractivity (Wildman–Crippen MR) is 39.1 cm³/mol. The van der Waals surface area contributed by atoms with Gasteiger partial charge in [-0.3, -0.25) is 0 Å². The number of aliphatic carboxylic acids is 1. The summed E-state index contributed by atoms with van der Waals surface area (Å²) in [5.74, 6) is -1.01. The number of carboxylic acid groups (broad SMARTS) is 1. The van der Waals surface area contributed by atoms with Gasteiger partial charge in [-0.2, -0.15) is 0 Å². The Balaban J connectivity index is 2.26. The molecule has 0 saturated heterocycles. The Labute approximate surface area is 64.7 Å². The van der Waals surface area contributed by atoms with Crippen LogP contribution in [0.1, 0.15) is 25.7 Å². The van der Waals surface area contributed by atoms with Crippen LogP contribution in [-0.4, -0.2) is 16.7 Å². The van der Waals surface area contributed by atoms with E-state index in [1.165, 1.54) is 6.08 Å². The molecule has 2 nitrogen and oxygen atoms in total. The first-order chi connectivity index (χ1) is 5.12. The van der Waals surface area contributed by atoms with E-state index in [0.29, 0.717) is 12.8 Å². The van der Waals surface area contributed by atoms with Gasteiger partial charge in [0.25, 0.3) is 0 Å². The van der Waals surface area contributed by atoms with Gasteiger partial charge in [0.2, 0.25) is 0 Å². The zero-order valence-corrected chi connectivity index (χ0v) is 6.22. The van der Waals surface area contributed by atoms with Crippen LogP contribution >= 0.6 is 0 Å². The van der Waals surface area contributed by atoms with Gasteiger partial charge in [0.1, 0.15) is 5.67 Å². The van der Waals surface area contributed by atoms with Crippen molar-refractivity contribution in [1.29, 1.82) is 0 Å². The number of rotatable bonds is 3. The van der Waals surface area contributed by atoms with E-state index in [9.17, 15) is 9.18 Å². The minimum absolute atomic E-state index is 0.249. The van der Waals surface area contributed by atoms with Crippen LogP contribution in [0.2, 0.25) is 0 Å². The second-order valence-corrected chi connectivity index (χ2v) is 2.95. The highest BCUT2D eigenvalue weighted by Crippen LogP contribution is 2.38. The van der Waals surface area contributed by atoms with Crippen LogP contribution in [0.25, 0.3) is 0 Å². The third kappa shape index (κ3) is 2.33. The Morgan fingerprint density at radius 2 is 2.27 bits per heavy atom. The third-order valence-corrected chi connectivity index (χ3v) is 1.99. The molecule has 0 amide bonds. The summed E-state index contributed by atoms with van der Waals surface area (Å²) in [4.78, 5) is 9.98. The van der Waals surface area contributed by atoms with Gasteiger partial charge in [-0.1, -0.05) is 6.08 Å². The van der Waals surface area contributed by atoms with Crippen LogP contribution in [0, 0.1) is 0 Å². The second-order valence-electron chi connectivity index (χ2n) is 2.95. The van der Waals surface area contributed by atoms with Crippen molar-refractivity contribution in [3.8, 4) is 0 Å². The summed E-state index contributed by atoms with van der Waals surface area (Å²) in [6, 6.07) is 0. The summed E-state index contributed by atoms with van der Waals surface area (Å²) in [6.45, 7) is 0. The molecule has 1 aliphatic carbocycles. The fraction of sp³-hybridized carbons (Fsp3) is 0.625. The quantitative estimate of drug-likeness (QED) is 0.637. The van der Waals surface area contributed by atoms with Gasteiger partial charge >= 0.3 is 5.97 Å². The molecule has 0 heterocycles. The summed E-state index contributed by atoms with van der Waals surface area (Å²) in [6.07, 6.45) is 4.73. The van der Waals surface area contributed by atoms with Gasteiger partial charge in [-0.25, -0.2) is 9.18 Å². The summed E-state index contributed by atoms with van der Waals surface area (Å²) in [5.41, 5.74) is -1.09. The monoisotopic (exact) mass is 158 g/mol. The average molecular weight is 158 g/mol. The molecular formula is C8H11FO2. The molecule has 1 saturated carbocycles. The molecule has 0 atom stereocenters. The van der Waals surface area contributed by atoms with Crippen molar-refractivity contribution in [3.63, 3.8) is 0 Å². The Hall–Kier alpha value is -0.860. The van der Waals surface area contributed by atoms with E-state index in [1.54, 1.807) is 0 Å². The van der Waals surface area contributed by atoms with Crippen molar-refractivity contribution in [2.45, 2.75) is 31.4 Å². The number of hydrogen-bond donors (Lipinski definition) is 1. The number of alkyl halides is 1. The number of carboxylic acids is 1. The van der Waals surface area contributed by atoms with Gasteiger partial charge in [0.05, 0.1) is 0 Å². The normalized spacial score (nSPS) is 21.5. The molecular weight excluding hydrogens is 147 g/mol. The first-order valence-electron chi connectivity index (χ1n) is 3.71. The molecule has 0 radical (unpaired) electrons. The Morgan fingerprint density at radius 1 is 1.64 bits per heavy atom. The Morgan fingerprint density at radius 3 is 2.64 bits per heavy atom.